The van der Waals surface area contributed by atoms with Gasteiger partial charge in [-0.25, -0.2) is 4.98 Å². The predicted octanol–water partition coefficient (Wildman–Crippen LogP) is 3.89. The van der Waals surface area contributed by atoms with Crippen LogP contribution in [0.25, 0.3) is 0 Å². The van der Waals surface area contributed by atoms with Crippen molar-refractivity contribution in [2.45, 2.75) is 39.5 Å². The number of pyridine rings is 1. The van der Waals surface area contributed by atoms with E-state index in [4.69, 9.17) is 11.6 Å². The Labute approximate surface area is 108 Å². The van der Waals surface area contributed by atoms with E-state index in [2.05, 4.69) is 24.1 Å². The maximum atomic E-state index is 12.0. The maximum absolute atomic E-state index is 12.0. The SMILES string of the molecule is CCCC(CCC)C(=O)Nc1cccc(Cl)n1. The first-order valence-corrected chi connectivity index (χ1v) is 6.48. The molecule has 17 heavy (non-hydrogen) atoms. The molecule has 1 rings (SSSR count). The van der Waals surface area contributed by atoms with Crippen LogP contribution < -0.4 is 5.32 Å². The Bertz CT molecular complexity index is 362. The number of amides is 1. The summed E-state index contributed by atoms with van der Waals surface area (Å²) in [7, 11) is 0. The summed E-state index contributed by atoms with van der Waals surface area (Å²) in [5.74, 6) is 0.647. The molecule has 3 nitrogen and oxygen atoms in total. The van der Waals surface area contributed by atoms with Crippen LogP contribution in [0.5, 0.6) is 0 Å². The van der Waals surface area contributed by atoms with Crippen LogP contribution in [-0.2, 0) is 4.79 Å². The third kappa shape index (κ3) is 4.73. The second-order valence-corrected chi connectivity index (χ2v) is 4.50. The molecule has 0 unspecified atom stereocenters. The first-order valence-electron chi connectivity index (χ1n) is 6.10. The van der Waals surface area contributed by atoms with Gasteiger partial charge in [0.05, 0.1) is 0 Å². The van der Waals surface area contributed by atoms with Crippen LogP contribution in [0.2, 0.25) is 5.15 Å². The van der Waals surface area contributed by atoms with E-state index in [0.717, 1.165) is 25.7 Å². The Kier molecular flexibility index (Phi) is 5.98. The highest BCUT2D eigenvalue weighted by Gasteiger charge is 2.16. The van der Waals surface area contributed by atoms with Gasteiger partial charge in [0, 0.05) is 5.92 Å². The van der Waals surface area contributed by atoms with Gasteiger partial charge in [0.1, 0.15) is 11.0 Å². The smallest absolute Gasteiger partial charge is 0.228 e. The predicted molar refractivity (Wildman–Crippen MR) is 71.2 cm³/mol. The molecule has 0 aliphatic carbocycles. The first kappa shape index (κ1) is 14.0. The lowest BCUT2D eigenvalue weighted by Gasteiger charge is -2.14. The molecule has 4 heteroatoms. The zero-order valence-corrected chi connectivity index (χ0v) is 11.1. The second kappa shape index (κ2) is 7.28. The van der Waals surface area contributed by atoms with Gasteiger partial charge in [-0.3, -0.25) is 4.79 Å². The van der Waals surface area contributed by atoms with Crippen molar-refractivity contribution in [2.24, 2.45) is 5.92 Å². The van der Waals surface area contributed by atoms with E-state index in [1.807, 2.05) is 0 Å². The van der Waals surface area contributed by atoms with Crippen molar-refractivity contribution >= 4 is 23.3 Å². The van der Waals surface area contributed by atoms with Crippen molar-refractivity contribution < 1.29 is 4.79 Å². The number of carbonyl (C=O) groups is 1. The fourth-order valence-corrected chi connectivity index (χ4v) is 1.97. The number of halogens is 1. The second-order valence-electron chi connectivity index (χ2n) is 4.11. The van der Waals surface area contributed by atoms with E-state index in [-0.39, 0.29) is 11.8 Å². The summed E-state index contributed by atoms with van der Waals surface area (Å²) in [4.78, 5) is 16.1. The largest absolute Gasteiger partial charge is 0.310 e. The minimum absolute atomic E-state index is 0.0449. The summed E-state index contributed by atoms with van der Waals surface area (Å²) in [5, 5.41) is 3.21. The first-order chi connectivity index (χ1) is 8.17. The molecule has 0 bridgehead atoms. The lowest BCUT2D eigenvalue weighted by molar-refractivity contribution is -0.120. The van der Waals surface area contributed by atoms with E-state index in [0.29, 0.717) is 11.0 Å². The normalized spacial score (nSPS) is 10.6. The fourth-order valence-electron chi connectivity index (χ4n) is 1.81. The molecule has 0 spiro atoms. The fraction of sp³-hybridized carbons (Fsp3) is 0.538. The summed E-state index contributed by atoms with van der Waals surface area (Å²) in [6.07, 6.45) is 3.86. The Hall–Kier alpha value is -1.09. The maximum Gasteiger partial charge on any atom is 0.228 e. The molecule has 1 amide bonds. The Balaban J connectivity index is 2.62. The van der Waals surface area contributed by atoms with E-state index in [1.165, 1.54) is 0 Å². The third-order valence-electron chi connectivity index (χ3n) is 2.61. The molecule has 0 saturated heterocycles. The number of hydrogen-bond donors (Lipinski definition) is 1. The van der Waals surface area contributed by atoms with Crippen LogP contribution in [0.15, 0.2) is 18.2 Å². The lowest BCUT2D eigenvalue weighted by Crippen LogP contribution is -2.23. The molecule has 1 aromatic heterocycles. The number of rotatable bonds is 6. The Morgan fingerprint density at radius 2 is 2.00 bits per heavy atom. The van der Waals surface area contributed by atoms with Gasteiger partial charge in [0.2, 0.25) is 5.91 Å². The number of nitrogens with one attached hydrogen (secondary N) is 1. The molecule has 0 fully saturated rings. The lowest BCUT2D eigenvalue weighted by atomic mass is 9.97. The standard InChI is InChI=1S/C13H19ClN2O/c1-3-6-10(7-4-2)13(17)16-12-9-5-8-11(14)15-12/h5,8-10H,3-4,6-7H2,1-2H3,(H,15,16,17). The van der Waals surface area contributed by atoms with Gasteiger partial charge >= 0.3 is 0 Å². The molecule has 0 aromatic carbocycles. The van der Waals surface area contributed by atoms with Gasteiger partial charge in [0.25, 0.3) is 0 Å². The molecule has 0 aliphatic heterocycles. The molecular formula is C13H19ClN2O. The zero-order valence-electron chi connectivity index (χ0n) is 10.4. The number of nitrogens with zero attached hydrogens (tertiary/aromatic N) is 1. The topological polar surface area (TPSA) is 42.0 Å². The summed E-state index contributed by atoms with van der Waals surface area (Å²) >= 11 is 5.77. The van der Waals surface area contributed by atoms with Gasteiger partial charge in [-0.1, -0.05) is 44.4 Å². The minimum atomic E-state index is 0.0449. The average Bonchev–Trinajstić information content (AvgIpc) is 2.28. The number of aromatic nitrogens is 1. The molecule has 0 aliphatic rings. The molecule has 0 radical (unpaired) electrons. The molecule has 1 heterocycles. The van der Waals surface area contributed by atoms with Crippen molar-refractivity contribution in [3.05, 3.63) is 23.4 Å². The van der Waals surface area contributed by atoms with Crippen molar-refractivity contribution in [1.29, 1.82) is 0 Å². The molecule has 1 N–H and O–H groups in total. The van der Waals surface area contributed by atoms with Crippen LogP contribution in [0.1, 0.15) is 39.5 Å². The van der Waals surface area contributed by atoms with E-state index in [1.54, 1.807) is 18.2 Å². The van der Waals surface area contributed by atoms with Crippen LogP contribution in [0, 0.1) is 5.92 Å². The summed E-state index contributed by atoms with van der Waals surface area (Å²) < 4.78 is 0. The van der Waals surface area contributed by atoms with E-state index < -0.39 is 0 Å². The summed E-state index contributed by atoms with van der Waals surface area (Å²) in [6.45, 7) is 4.18. The van der Waals surface area contributed by atoms with Gasteiger partial charge in [-0.05, 0) is 25.0 Å². The molecular weight excluding hydrogens is 236 g/mol. The zero-order chi connectivity index (χ0) is 12.7. The monoisotopic (exact) mass is 254 g/mol. The summed E-state index contributed by atoms with van der Waals surface area (Å²) in [6, 6.07) is 5.21. The highest BCUT2D eigenvalue weighted by Crippen LogP contribution is 2.16. The quantitative estimate of drug-likeness (QED) is 0.783. The highest BCUT2D eigenvalue weighted by molar-refractivity contribution is 6.29. The number of carbonyl (C=O) groups excluding carboxylic acids is 1. The van der Waals surface area contributed by atoms with Gasteiger partial charge in [-0.2, -0.15) is 0 Å². The molecule has 0 saturated carbocycles. The van der Waals surface area contributed by atoms with Crippen molar-refractivity contribution in [3.63, 3.8) is 0 Å². The van der Waals surface area contributed by atoms with Crippen LogP contribution >= 0.6 is 11.6 Å². The van der Waals surface area contributed by atoms with Crippen molar-refractivity contribution in [3.8, 4) is 0 Å². The number of hydrogen-bond acceptors (Lipinski definition) is 2. The molecule has 1 aromatic rings. The Morgan fingerprint density at radius 3 is 2.53 bits per heavy atom. The van der Waals surface area contributed by atoms with Crippen LogP contribution in [-0.4, -0.2) is 10.9 Å². The van der Waals surface area contributed by atoms with Gasteiger partial charge in [0.15, 0.2) is 0 Å². The van der Waals surface area contributed by atoms with Crippen molar-refractivity contribution in [1.82, 2.24) is 4.98 Å². The third-order valence-corrected chi connectivity index (χ3v) is 2.82. The van der Waals surface area contributed by atoms with Crippen LogP contribution in [0.4, 0.5) is 5.82 Å². The molecule has 0 atom stereocenters. The Morgan fingerprint density at radius 1 is 1.35 bits per heavy atom. The minimum Gasteiger partial charge on any atom is -0.310 e. The molecule has 94 valence electrons. The highest BCUT2D eigenvalue weighted by atomic mass is 35.5. The average molecular weight is 255 g/mol. The van der Waals surface area contributed by atoms with Crippen molar-refractivity contribution in [2.75, 3.05) is 5.32 Å². The van der Waals surface area contributed by atoms with Gasteiger partial charge in [-0.15, -0.1) is 0 Å². The van der Waals surface area contributed by atoms with E-state index >= 15 is 0 Å². The van der Waals surface area contributed by atoms with E-state index in [9.17, 15) is 4.79 Å². The van der Waals surface area contributed by atoms with Crippen LogP contribution in [0.3, 0.4) is 0 Å². The summed E-state index contributed by atoms with van der Waals surface area (Å²) in [5.41, 5.74) is 0. The van der Waals surface area contributed by atoms with Gasteiger partial charge < -0.3 is 5.32 Å². The number of anilines is 1.